The highest BCUT2D eigenvalue weighted by molar-refractivity contribution is 7.11. The second kappa shape index (κ2) is 8.53. The molecule has 0 saturated heterocycles. The number of benzene rings is 1. The Morgan fingerprint density at radius 1 is 1.30 bits per heavy atom. The fourth-order valence-electron chi connectivity index (χ4n) is 2.30. The van der Waals surface area contributed by atoms with Crippen LogP contribution in [-0.4, -0.2) is 31.6 Å². The van der Waals surface area contributed by atoms with E-state index in [1.807, 2.05) is 19.2 Å². The van der Waals surface area contributed by atoms with E-state index in [0.717, 1.165) is 36.2 Å². The van der Waals surface area contributed by atoms with Gasteiger partial charge in [-0.1, -0.05) is 17.7 Å². The topological polar surface area (TPSA) is 58.5 Å². The van der Waals surface area contributed by atoms with E-state index >= 15 is 0 Å². The molecule has 0 fully saturated rings. The molecule has 0 radical (unpaired) electrons. The molecule has 0 saturated carbocycles. The predicted octanol–water partition coefficient (Wildman–Crippen LogP) is 2.68. The van der Waals surface area contributed by atoms with E-state index in [4.69, 9.17) is 4.74 Å². The van der Waals surface area contributed by atoms with Gasteiger partial charge in [-0.15, -0.1) is 11.3 Å². The number of rotatable bonds is 6. The first-order chi connectivity index (χ1) is 11.1. The summed E-state index contributed by atoms with van der Waals surface area (Å²) in [5.74, 6) is 1.73. The fourth-order valence-corrected chi connectivity index (χ4v) is 3.03. The van der Waals surface area contributed by atoms with Gasteiger partial charge in [-0.25, -0.2) is 4.98 Å². The van der Waals surface area contributed by atoms with Crippen LogP contribution in [0.1, 0.15) is 21.0 Å². The molecule has 1 aromatic heterocycles. The molecule has 1 aromatic carbocycles. The van der Waals surface area contributed by atoms with Gasteiger partial charge in [-0.2, -0.15) is 0 Å². The number of hydrogen-bond donors (Lipinski definition) is 2. The Kier molecular flexibility index (Phi) is 6.40. The number of ether oxygens (including phenoxy) is 1. The lowest BCUT2D eigenvalue weighted by atomic mass is 10.1. The molecule has 1 heterocycles. The highest BCUT2D eigenvalue weighted by atomic mass is 32.1. The summed E-state index contributed by atoms with van der Waals surface area (Å²) < 4.78 is 5.41. The van der Waals surface area contributed by atoms with Crippen LogP contribution in [0.4, 0.5) is 0 Å². The van der Waals surface area contributed by atoms with Crippen LogP contribution in [0.25, 0.3) is 0 Å². The van der Waals surface area contributed by atoms with Crippen molar-refractivity contribution in [3.63, 3.8) is 0 Å². The smallest absolute Gasteiger partial charge is 0.191 e. The third-order valence-electron chi connectivity index (χ3n) is 3.45. The second-order valence-electron chi connectivity index (χ2n) is 5.26. The summed E-state index contributed by atoms with van der Waals surface area (Å²) in [6.07, 6.45) is 2.78. The Bertz CT molecular complexity index is 666. The Hall–Kier alpha value is -2.08. The van der Waals surface area contributed by atoms with Gasteiger partial charge in [0.15, 0.2) is 5.96 Å². The lowest BCUT2D eigenvalue weighted by molar-refractivity contribution is 0.409. The highest BCUT2D eigenvalue weighted by Crippen LogP contribution is 2.19. The molecule has 2 aromatic rings. The summed E-state index contributed by atoms with van der Waals surface area (Å²) in [7, 11) is 3.49. The van der Waals surface area contributed by atoms with Gasteiger partial charge in [0.1, 0.15) is 5.75 Å². The molecule has 23 heavy (non-hydrogen) atoms. The summed E-state index contributed by atoms with van der Waals surface area (Å²) >= 11 is 1.69. The molecule has 0 spiro atoms. The molecule has 0 aliphatic carbocycles. The van der Waals surface area contributed by atoms with Crippen LogP contribution in [-0.2, 0) is 13.0 Å². The summed E-state index contributed by atoms with van der Waals surface area (Å²) in [6.45, 7) is 5.63. The van der Waals surface area contributed by atoms with Gasteiger partial charge in [-0.05, 0) is 31.9 Å². The monoisotopic (exact) mass is 332 g/mol. The molecule has 0 atom stereocenters. The maximum absolute atomic E-state index is 5.41. The SMILES string of the molecule is CN=C(NCCc1cc(C)ccc1OC)NCc1cnc(C)s1. The number of aliphatic imine (C=N–C) groups is 1. The third kappa shape index (κ3) is 5.25. The van der Waals surface area contributed by atoms with E-state index in [0.29, 0.717) is 0 Å². The third-order valence-corrected chi connectivity index (χ3v) is 4.36. The molecule has 0 aliphatic heterocycles. The van der Waals surface area contributed by atoms with Gasteiger partial charge in [0, 0.05) is 24.7 Å². The van der Waals surface area contributed by atoms with Crippen LogP contribution in [0.3, 0.4) is 0 Å². The quantitative estimate of drug-likeness (QED) is 0.631. The second-order valence-corrected chi connectivity index (χ2v) is 6.58. The molecule has 0 aliphatic rings. The van der Waals surface area contributed by atoms with Crippen LogP contribution in [0, 0.1) is 13.8 Å². The van der Waals surface area contributed by atoms with E-state index in [9.17, 15) is 0 Å². The number of thiazole rings is 1. The molecule has 2 rings (SSSR count). The zero-order chi connectivity index (χ0) is 16.7. The standard InChI is InChI=1S/C17H24N4OS/c1-12-5-6-16(22-4)14(9-12)7-8-19-17(18-3)21-11-15-10-20-13(2)23-15/h5-6,9-10H,7-8,11H2,1-4H3,(H2,18,19,21). The van der Waals surface area contributed by atoms with Gasteiger partial charge in [0.25, 0.3) is 0 Å². The van der Waals surface area contributed by atoms with Crippen molar-refractivity contribution in [1.29, 1.82) is 0 Å². The van der Waals surface area contributed by atoms with Crippen LogP contribution >= 0.6 is 11.3 Å². The molecule has 0 amide bonds. The van der Waals surface area contributed by atoms with E-state index in [-0.39, 0.29) is 0 Å². The number of hydrogen-bond acceptors (Lipinski definition) is 4. The van der Waals surface area contributed by atoms with Crippen molar-refractivity contribution < 1.29 is 4.74 Å². The Morgan fingerprint density at radius 2 is 2.13 bits per heavy atom. The summed E-state index contributed by atoms with van der Waals surface area (Å²) in [5, 5.41) is 7.72. The van der Waals surface area contributed by atoms with E-state index in [1.165, 1.54) is 16.0 Å². The van der Waals surface area contributed by atoms with Crippen molar-refractivity contribution in [1.82, 2.24) is 15.6 Å². The average Bonchev–Trinajstić information content (AvgIpc) is 2.96. The lowest BCUT2D eigenvalue weighted by Gasteiger charge is -2.13. The van der Waals surface area contributed by atoms with E-state index in [1.54, 1.807) is 25.5 Å². The maximum atomic E-state index is 5.41. The molecule has 124 valence electrons. The largest absolute Gasteiger partial charge is 0.496 e. The number of nitrogens with zero attached hydrogens (tertiary/aromatic N) is 2. The van der Waals surface area contributed by atoms with Crippen molar-refractivity contribution in [2.24, 2.45) is 4.99 Å². The van der Waals surface area contributed by atoms with E-state index < -0.39 is 0 Å². The number of guanidine groups is 1. The normalized spacial score (nSPS) is 11.4. The van der Waals surface area contributed by atoms with Crippen molar-refractivity contribution in [2.75, 3.05) is 20.7 Å². The fraction of sp³-hybridized carbons (Fsp3) is 0.412. The number of methoxy groups -OCH3 is 1. The summed E-state index contributed by atoms with van der Waals surface area (Å²) in [4.78, 5) is 9.70. The first-order valence-corrected chi connectivity index (χ1v) is 8.43. The molecular formula is C17H24N4OS. The first-order valence-electron chi connectivity index (χ1n) is 7.61. The van der Waals surface area contributed by atoms with Crippen molar-refractivity contribution in [2.45, 2.75) is 26.8 Å². The van der Waals surface area contributed by atoms with Crippen molar-refractivity contribution in [3.8, 4) is 5.75 Å². The van der Waals surface area contributed by atoms with Gasteiger partial charge in [0.2, 0.25) is 0 Å². The Labute approximate surface area is 141 Å². The van der Waals surface area contributed by atoms with Crippen molar-refractivity contribution >= 4 is 17.3 Å². The molecule has 2 N–H and O–H groups in total. The number of nitrogens with one attached hydrogen (secondary N) is 2. The zero-order valence-corrected chi connectivity index (χ0v) is 15.0. The molecule has 6 heteroatoms. The van der Waals surface area contributed by atoms with Crippen LogP contribution < -0.4 is 15.4 Å². The molecular weight excluding hydrogens is 308 g/mol. The van der Waals surface area contributed by atoms with Crippen LogP contribution in [0.15, 0.2) is 29.4 Å². The van der Waals surface area contributed by atoms with Crippen molar-refractivity contribution in [3.05, 3.63) is 45.4 Å². The Balaban J connectivity index is 1.83. The maximum Gasteiger partial charge on any atom is 0.191 e. The lowest BCUT2D eigenvalue weighted by Crippen LogP contribution is -2.37. The molecule has 0 bridgehead atoms. The van der Waals surface area contributed by atoms with Crippen LogP contribution in [0.2, 0.25) is 0 Å². The van der Waals surface area contributed by atoms with Gasteiger partial charge >= 0.3 is 0 Å². The minimum Gasteiger partial charge on any atom is -0.496 e. The minimum absolute atomic E-state index is 0.735. The minimum atomic E-state index is 0.735. The highest BCUT2D eigenvalue weighted by Gasteiger charge is 2.05. The van der Waals surface area contributed by atoms with Crippen LogP contribution in [0.5, 0.6) is 5.75 Å². The average molecular weight is 332 g/mol. The summed E-state index contributed by atoms with van der Waals surface area (Å²) in [5.41, 5.74) is 2.44. The molecule has 5 nitrogen and oxygen atoms in total. The molecule has 0 unspecified atom stereocenters. The predicted molar refractivity (Wildman–Crippen MR) is 96.5 cm³/mol. The van der Waals surface area contributed by atoms with Gasteiger partial charge in [0.05, 0.1) is 18.7 Å². The van der Waals surface area contributed by atoms with Gasteiger partial charge < -0.3 is 15.4 Å². The first kappa shape index (κ1) is 17.3. The van der Waals surface area contributed by atoms with Gasteiger partial charge in [-0.3, -0.25) is 4.99 Å². The zero-order valence-electron chi connectivity index (χ0n) is 14.1. The summed E-state index contributed by atoms with van der Waals surface area (Å²) in [6, 6.07) is 6.24. The number of aromatic nitrogens is 1. The Morgan fingerprint density at radius 3 is 2.78 bits per heavy atom. The van der Waals surface area contributed by atoms with E-state index in [2.05, 4.69) is 39.7 Å². The number of aryl methyl sites for hydroxylation is 2.